The van der Waals surface area contributed by atoms with Gasteiger partial charge >= 0.3 is 0 Å². The lowest BCUT2D eigenvalue weighted by atomic mass is 9.95. The number of hydrogen-bond acceptors (Lipinski definition) is 4. The summed E-state index contributed by atoms with van der Waals surface area (Å²) in [6.45, 7) is 3.00. The van der Waals surface area contributed by atoms with Gasteiger partial charge in [-0.2, -0.15) is 0 Å². The molecule has 0 N–H and O–H groups in total. The molecule has 0 saturated heterocycles. The van der Waals surface area contributed by atoms with Crippen molar-refractivity contribution in [2.75, 3.05) is 19.3 Å². The van der Waals surface area contributed by atoms with Crippen LogP contribution in [0, 0.1) is 0 Å². The van der Waals surface area contributed by atoms with Gasteiger partial charge in [0, 0.05) is 25.8 Å². The van der Waals surface area contributed by atoms with Gasteiger partial charge in [-0.25, -0.2) is 9.97 Å². The van der Waals surface area contributed by atoms with Crippen LogP contribution < -0.4 is 0 Å². The number of imidazole rings is 1. The number of hydrogen-bond donors (Lipinski definition) is 0. The summed E-state index contributed by atoms with van der Waals surface area (Å²) >= 11 is 1.67. The fraction of sp³-hybridized carbons (Fsp3) is 0.650. The first-order chi connectivity index (χ1) is 12.7. The van der Waals surface area contributed by atoms with E-state index in [4.69, 9.17) is 4.98 Å². The molecule has 5 nitrogen and oxygen atoms in total. The minimum Gasteiger partial charge on any atom is -0.345 e. The number of fused-ring (bicyclic) bond motifs is 1. The number of aromatic nitrogens is 3. The Morgan fingerprint density at radius 3 is 2.92 bits per heavy atom. The maximum atomic E-state index is 12.3. The Kier molecular flexibility index (Phi) is 6.94. The summed E-state index contributed by atoms with van der Waals surface area (Å²) in [7, 11) is 1.90. The number of rotatable bonds is 8. The van der Waals surface area contributed by atoms with E-state index in [1.54, 1.807) is 11.8 Å². The SMILES string of the molecule is CCCCN(C)C(=O)CSCc1nc2cccnc2n1C1CCCCC1. The van der Waals surface area contributed by atoms with E-state index >= 15 is 0 Å². The van der Waals surface area contributed by atoms with Gasteiger partial charge in [-0.3, -0.25) is 4.79 Å². The van der Waals surface area contributed by atoms with Crippen molar-refractivity contribution in [1.29, 1.82) is 0 Å². The molecule has 142 valence electrons. The van der Waals surface area contributed by atoms with Crippen molar-refractivity contribution in [3.63, 3.8) is 0 Å². The molecule has 2 aromatic heterocycles. The van der Waals surface area contributed by atoms with E-state index in [2.05, 4.69) is 16.5 Å². The number of unbranched alkanes of at least 4 members (excludes halogenated alkanes) is 1. The van der Waals surface area contributed by atoms with Crippen molar-refractivity contribution in [3.05, 3.63) is 24.2 Å². The molecule has 0 aromatic carbocycles. The molecule has 0 unspecified atom stereocenters. The van der Waals surface area contributed by atoms with E-state index < -0.39 is 0 Å². The van der Waals surface area contributed by atoms with E-state index in [9.17, 15) is 4.79 Å². The smallest absolute Gasteiger partial charge is 0.232 e. The topological polar surface area (TPSA) is 51.0 Å². The predicted octanol–water partition coefficient (Wildman–Crippen LogP) is 4.43. The predicted molar refractivity (Wildman–Crippen MR) is 108 cm³/mol. The second kappa shape index (κ2) is 9.40. The lowest BCUT2D eigenvalue weighted by Gasteiger charge is -2.25. The molecule has 1 aliphatic carbocycles. The summed E-state index contributed by atoms with van der Waals surface area (Å²) < 4.78 is 2.35. The van der Waals surface area contributed by atoms with Crippen molar-refractivity contribution in [3.8, 4) is 0 Å². The van der Waals surface area contributed by atoms with Crippen molar-refractivity contribution < 1.29 is 4.79 Å². The Balaban J connectivity index is 1.68. The molecule has 2 heterocycles. The lowest BCUT2D eigenvalue weighted by molar-refractivity contribution is -0.127. The van der Waals surface area contributed by atoms with Gasteiger partial charge in [0.25, 0.3) is 0 Å². The minimum absolute atomic E-state index is 0.210. The number of carbonyl (C=O) groups excluding carboxylic acids is 1. The van der Waals surface area contributed by atoms with Crippen LogP contribution in [0.3, 0.4) is 0 Å². The first-order valence-electron chi connectivity index (χ1n) is 9.84. The van der Waals surface area contributed by atoms with Crippen LogP contribution in [0.15, 0.2) is 18.3 Å². The fourth-order valence-corrected chi connectivity index (χ4v) is 4.54. The molecular weight excluding hydrogens is 344 g/mol. The van der Waals surface area contributed by atoms with Crippen molar-refractivity contribution in [1.82, 2.24) is 19.4 Å². The first-order valence-corrected chi connectivity index (χ1v) is 11.0. The molecule has 0 spiro atoms. The molecule has 1 saturated carbocycles. The first kappa shape index (κ1) is 19.2. The maximum Gasteiger partial charge on any atom is 0.232 e. The average Bonchev–Trinajstić information content (AvgIpc) is 3.04. The van der Waals surface area contributed by atoms with Crippen LogP contribution in [0.4, 0.5) is 0 Å². The van der Waals surface area contributed by atoms with E-state index in [-0.39, 0.29) is 5.91 Å². The molecule has 0 radical (unpaired) electrons. The zero-order chi connectivity index (χ0) is 18.4. The number of nitrogens with zero attached hydrogens (tertiary/aromatic N) is 4. The summed E-state index contributed by atoms with van der Waals surface area (Å²) in [4.78, 5) is 23.5. The Morgan fingerprint density at radius 2 is 2.15 bits per heavy atom. The van der Waals surface area contributed by atoms with Gasteiger partial charge in [-0.1, -0.05) is 32.6 Å². The summed E-state index contributed by atoms with van der Waals surface area (Å²) in [6.07, 6.45) is 10.3. The van der Waals surface area contributed by atoms with Crippen molar-refractivity contribution in [2.24, 2.45) is 0 Å². The van der Waals surface area contributed by atoms with Crippen LogP contribution in [0.25, 0.3) is 11.2 Å². The number of amides is 1. The molecule has 1 fully saturated rings. The van der Waals surface area contributed by atoms with Gasteiger partial charge in [0.15, 0.2) is 5.65 Å². The third kappa shape index (κ3) is 4.58. The highest BCUT2D eigenvalue weighted by atomic mass is 32.2. The fourth-order valence-electron chi connectivity index (χ4n) is 3.66. The highest BCUT2D eigenvalue weighted by Gasteiger charge is 2.22. The molecule has 26 heavy (non-hydrogen) atoms. The normalized spacial score (nSPS) is 15.5. The molecule has 1 amide bonds. The zero-order valence-corrected chi connectivity index (χ0v) is 16.8. The van der Waals surface area contributed by atoms with Crippen molar-refractivity contribution in [2.45, 2.75) is 63.7 Å². The van der Waals surface area contributed by atoms with Gasteiger partial charge in [0.2, 0.25) is 5.91 Å². The second-order valence-electron chi connectivity index (χ2n) is 7.20. The van der Waals surface area contributed by atoms with Crippen LogP contribution in [0.2, 0.25) is 0 Å². The summed E-state index contributed by atoms with van der Waals surface area (Å²) in [5.74, 6) is 2.56. The van der Waals surface area contributed by atoms with Gasteiger partial charge in [0.05, 0.1) is 11.5 Å². The maximum absolute atomic E-state index is 12.3. The third-order valence-electron chi connectivity index (χ3n) is 5.19. The molecule has 6 heteroatoms. The van der Waals surface area contributed by atoms with E-state index in [1.807, 2.05) is 30.3 Å². The molecule has 0 atom stereocenters. The lowest BCUT2D eigenvalue weighted by Crippen LogP contribution is -2.29. The Morgan fingerprint density at radius 1 is 1.35 bits per heavy atom. The molecule has 0 bridgehead atoms. The van der Waals surface area contributed by atoms with E-state index in [1.165, 1.54) is 32.1 Å². The number of pyridine rings is 1. The van der Waals surface area contributed by atoms with Gasteiger partial charge < -0.3 is 9.47 Å². The largest absolute Gasteiger partial charge is 0.345 e. The van der Waals surface area contributed by atoms with Crippen LogP contribution in [-0.2, 0) is 10.5 Å². The third-order valence-corrected chi connectivity index (χ3v) is 6.10. The second-order valence-corrected chi connectivity index (χ2v) is 8.18. The average molecular weight is 375 g/mol. The van der Waals surface area contributed by atoms with Crippen LogP contribution in [0.1, 0.15) is 63.7 Å². The molecule has 2 aromatic rings. The van der Waals surface area contributed by atoms with Crippen molar-refractivity contribution >= 4 is 28.8 Å². The monoisotopic (exact) mass is 374 g/mol. The summed E-state index contributed by atoms with van der Waals surface area (Å²) in [5.41, 5.74) is 1.97. The standard InChI is InChI=1S/C20H30N4OS/c1-3-4-13-23(2)19(25)15-26-14-18-22-17-11-8-12-21-20(17)24(18)16-9-6-5-7-10-16/h8,11-12,16H,3-7,9-10,13-15H2,1-2H3. The van der Waals surface area contributed by atoms with Crippen LogP contribution in [-0.4, -0.2) is 44.7 Å². The molecular formula is C20H30N4OS. The summed E-state index contributed by atoms with van der Waals surface area (Å²) in [5, 5.41) is 0. The quantitative estimate of drug-likeness (QED) is 0.686. The van der Waals surface area contributed by atoms with Crippen LogP contribution in [0.5, 0.6) is 0 Å². The van der Waals surface area contributed by atoms with Gasteiger partial charge in [0.1, 0.15) is 11.3 Å². The number of thioether (sulfide) groups is 1. The van der Waals surface area contributed by atoms with Crippen LogP contribution >= 0.6 is 11.8 Å². The highest BCUT2D eigenvalue weighted by molar-refractivity contribution is 7.99. The van der Waals surface area contributed by atoms with E-state index in [0.717, 1.165) is 42.1 Å². The Bertz CT molecular complexity index is 724. The Labute approximate surface area is 160 Å². The zero-order valence-electron chi connectivity index (χ0n) is 16.0. The Hall–Kier alpha value is -1.56. The van der Waals surface area contributed by atoms with E-state index in [0.29, 0.717) is 11.8 Å². The highest BCUT2D eigenvalue weighted by Crippen LogP contribution is 2.32. The molecule has 1 aliphatic rings. The molecule has 3 rings (SSSR count). The summed E-state index contributed by atoms with van der Waals surface area (Å²) in [6, 6.07) is 4.49. The van der Waals surface area contributed by atoms with Gasteiger partial charge in [-0.15, -0.1) is 11.8 Å². The molecule has 0 aliphatic heterocycles. The van der Waals surface area contributed by atoms with Gasteiger partial charge in [-0.05, 0) is 31.4 Å². The minimum atomic E-state index is 0.210. The number of carbonyl (C=O) groups is 1.